The number of nitro benzene ring substituents is 1. The highest BCUT2D eigenvalue weighted by atomic mass is 35.5. The summed E-state index contributed by atoms with van der Waals surface area (Å²) in [5.41, 5.74) is 3.49. The summed E-state index contributed by atoms with van der Waals surface area (Å²) in [7, 11) is -3.71. The van der Waals surface area contributed by atoms with E-state index < -0.39 is 27.4 Å². The average Bonchev–Trinajstić information content (AvgIpc) is 2.64. The first kappa shape index (κ1) is 21.3. The second-order valence-electron chi connectivity index (χ2n) is 5.78. The smallest absolute Gasteiger partial charge is 0.269 e. The number of nitro groups is 1. The number of hydrogen-bond acceptors (Lipinski definition) is 6. The van der Waals surface area contributed by atoms with Crippen molar-refractivity contribution in [1.29, 1.82) is 0 Å². The van der Waals surface area contributed by atoms with Crippen LogP contribution in [0.1, 0.15) is 12.5 Å². The molecule has 0 fully saturated rings. The van der Waals surface area contributed by atoms with Crippen molar-refractivity contribution in [2.45, 2.75) is 6.92 Å². The summed E-state index contributed by atoms with van der Waals surface area (Å²) in [5, 5.41) is 15.0. The number of nitrogens with one attached hydrogen (secondary N) is 1. The van der Waals surface area contributed by atoms with Gasteiger partial charge in [-0.1, -0.05) is 11.6 Å². The third-order valence-electron chi connectivity index (χ3n) is 3.65. The highest BCUT2D eigenvalue weighted by molar-refractivity contribution is 7.92. The molecule has 2 aromatic carbocycles. The Balaban J connectivity index is 2.10. The van der Waals surface area contributed by atoms with Crippen LogP contribution >= 0.6 is 11.6 Å². The second kappa shape index (κ2) is 8.81. The zero-order chi connectivity index (χ0) is 20.9. The largest absolute Gasteiger partial charge is 0.271 e. The van der Waals surface area contributed by atoms with E-state index in [0.29, 0.717) is 16.3 Å². The van der Waals surface area contributed by atoms with Gasteiger partial charge in [-0.25, -0.2) is 13.8 Å². The summed E-state index contributed by atoms with van der Waals surface area (Å²) in [6, 6.07) is 11.7. The van der Waals surface area contributed by atoms with Gasteiger partial charge in [-0.3, -0.25) is 19.2 Å². The molecule has 0 saturated heterocycles. The highest BCUT2D eigenvalue weighted by Gasteiger charge is 2.20. The van der Waals surface area contributed by atoms with Gasteiger partial charge >= 0.3 is 0 Å². The number of carbonyl (C=O) groups is 1. The van der Waals surface area contributed by atoms with E-state index in [4.69, 9.17) is 11.6 Å². The molecule has 1 amide bonds. The minimum Gasteiger partial charge on any atom is -0.271 e. The number of benzene rings is 2. The van der Waals surface area contributed by atoms with Gasteiger partial charge in [-0.15, -0.1) is 0 Å². The Labute approximate surface area is 166 Å². The maximum absolute atomic E-state index is 12.2. The number of hydrogen-bond donors (Lipinski definition) is 1. The van der Waals surface area contributed by atoms with E-state index in [9.17, 15) is 23.3 Å². The van der Waals surface area contributed by atoms with Crippen LogP contribution in [0.2, 0.25) is 5.02 Å². The standard InChI is InChI=1S/C17H17ClN4O5S/c1-12(13-3-7-16(8-4-13)22(24)25)19-20-17(23)11-21(28(2,26)27)15-9-5-14(18)6-10-15/h3-10H,11H2,1-2H3,(H,20,23)/b19-12-. The van der Waals surface area contributed by atoms with Crippen molar-refractivity contribution < 1.29 is 18.1 Å². The normalized spacial score (nSPS) is 11.8. The van der Waals surface area contributed by atoms with E-state index in [1.807, 2.05) is 0 Å². The van der Waals surface area contributed by atoms with Crippen LogP contribution in [-0.2, 0) is 14.8 Å². The van der Waals surface area contributed by atoms with Crippen LogP contribution in [0.15, 0.2) is 53.6 Å². The van der Waals surface area contributed by atoms with Gasteiger partial charge in [0.1, 0.15) is 6.54 Å². The lowest BCUT2D eigenvalue weighted by Crippen LogP contribution is -2.39. The Kier molecular flexibility index (Phi) is 6.71. The summed E-state index contributed by atoms with van der Waals surface area (Å²) < 4.78 is 25.0. The summed E-state index contributed by atoms with van der Waals surface area (Å²) in [6.45, 7) is 1.13. The molecule has 11 heteroatoms. The minimum atomic E-state index is -3.71. The van der Waals surface area contributed by atoms with E-state index >= 15 is 0 Å². The molecule has 0 spiro atoms. The number of carbonyl (C=O) groups excluding carboxylic acids is 1. The van der Waals surface area contributed by atoms with Gasteiger partial charge in [0.25, 0.3) is 11.6 Å². The summed E-state index contributed by atoms with van der Waals surface area (Å²) >= 11 is 5.80. The lowest BCUT2D eigenvalue weighted by molar-refractivity contribution is -0.384. The van der Waals surface area contributed by atoms with Crippen molar-refractivity contribution in [2.75, 3.05) is 17.1 Å². The first-order chi connectivity index (χ1) is 13.1. The van der Waals surface area contributed by atoms with Gasteiger partial charge in [0.15, 0.2) is 0 Å². The zero-order valence-corrected chi connectivity index (χ0v) is 16.6. The molecule has 148 valence electrons. The molecule has 0 heterocycles. The van der Waals surface area contributed by atoms with Crippen LogP contribution in [-0.4, -0.2) is 37.8 Å². The monoisotopic (exact) mass is 424 g/mol. The van der Waals surface area contributed by atoms with E-state index in [1.54, 1.807) is 6.92 Å². The van der Waals surface area contributed by atoms with Crippen molar-refractivity contribution in [3.05, 3.63) is 69.2 Å². The van der Waals surface area contributed by atoms with Crippen molar-refractivity contribution in [3.8, 4) is 0 Å². The van der Waals surface area contributed by atoms with Gasteiger partial charge in [-0.05, 0) is 48.9 Å². The SMILES string of the molecule is C/C(=N/NC(=O)CN(c1ccc(Cl)cc1)S(C)(=O)=O)c1ccc([N+](=O)[O-])cc1. The van der Waals surface area contributed by atoms with Gasteiger partial charge in [0.05, 0.1) is 22.6 Å². The van der Waals surface area contributed by atoms with Crippen LogP contribution in [0.5, 0.6) is 0 Å². The van der Waals surface area contributed by atoms with Crippen LogP contribution in [0.3, 0.4) is 0 Å². The Morgan fingerprint density at radius 2 is 1.75 bits per heavy atom. The second-order valence-corrected chi connectivity index (χ2v) is 8.13. The molecule has 0 unspecified atom stereocenters. The first-order valence-electron chi connectivity index (χ1n) is 7.89. The van der Waals surface area contributed by atoms with Crippen molar-refractivity contribution in [3.63, 3.8) is 0 Å². The molecule has 0 atom stereocenters. The van der Waals surface area contributed by atoms with Gasteiger partial charge in [0, 0.05) is 17.2 Å². The summed E-state index contributed by atoms with van der Waals surface area (Å²) in [5.74, 6) is -0.651. The minimum absolute atomic E-state index is 0.0626. The van der Waals surface area contributed by atoms with E-state index in [-0.39, 0.29) is 11.4 Å². The number of halogens is 1. The molecule has 1 N–H and O–H groups in total. The van der Waals surface area contributed by atoms with Crippen LogP contribution in [0.25, 0.3) is 0 Å². The maximum Gasteiger partial charge on any atom is 0.269 e. The number of non-ortho nitro benzene ring substituents is 1. The first-order valence-corrected chi connectivity index (χ1v) is 10.1. The van der Waals surface area contributed by atoms with Crippen LogP contribution < -0.4 is 9.73 Å². The molecule has 0 aliphatic rings. The zero-order valence-electron chi connectivity index (χ0n) is 15.0. The van der Waals surface area contributed by atoms with E-state index in [1.165, 1.54) is 48.5 Å². The Morgan fingerprint density at radius 3 is 2.25 bits per heavy atom. The molecule has 0 saturated carbocycles. The summed E-state index contributed by atoms with van der Waals surface area (Å²) in [6.07, 6.45) is 0.986. The third kappa shape index (κ3) is 5.76. The molecule has 9 nitrogen and oxygen atoms in total. The van der Waals surface area contributed by atoms with Crippen molar-refractivity contribution in [1.82, 2.24) is 5.43 Å². The fraction of sp³-hybridized carbons (Fsp3) is 0.176. The third-order valence-corrected chi connectivity index (χ3v) is 5.04. The van der Waals surface area contributed by atoms with Crippen LogP contribution in [0, 0.1) is 10.1 Å². The van der Waals surface area contributed by atoms with E-state index in [2.05, 4.69) is 10.5 Å². The molecular formula is C17H17ClN4O5S. The maximum atomic E-state index is 12.2. The molecule has 0 aliphatic carbocycles. The Hall–Kier alpha value is -2.98. The van der Waals surface area contributed by atoms with E-state index in [0.717, 1.165) is 10.6 Å². The molecule has 2 rings (SSSR count). The number of rotatable bonds is 7. The molecule has 0 bridgehead atoms. The molecule has 0 radical (unpaired) electrons. The number of anilines is 1. The molecule has 2 aromatic rings. The summed E-state index contributed by atoms with van der Waals surface area (Å²) in [4.78, 5) is 22.3. The quantitative estimate of drug-likeness (QED) is 0.415. The molecule has 0 aliphatic heterocycles. The number of amides is 1. The number of hydrazone groups is 1. The average molecular weight is 425 g/mol. The predicted molar refractivity (Wildman–Crippen MR) is 107 cm³/mol. The lowest BCUT2D eigenvalue weighted by atomic mass is 10.1. The van der Waals surface area contributed by atoms with Gasteiger partial charge in [0.2, 0.25) is 10.0 Å². The van der Waals surface area contributed by atoms with Crippen molar-refractivity contribution in [2.24, 2.45) is 5.10 Å². The van der Waals surface area contributed by atoms with Crippen molar-refractivity contribution >= 4 is 44.6 Å². The lowest BCUT2D eigenvalue weighted by Gasteiger charge is -2.21. The highest BCUT2D eigenvalue weighted by Crippen LogP contribution is 2.20. The Bertz CT molecular complexity index is 1000. The van der Waals surface area contributed by atoms with Gasteiger partial charge < -0.3 is 0 Å². The molecule has 0 aromatic heterocycles. The number of sulfonamides is 1. The number of nitrogens with zero attached hydrogens (tertiary/aromatic N) is 3. The topological polar surface area (TPSA) is 122 Å². The predicted octanol–water partition coefficient (Wildman–Crippen LogP) is 2.55. The molecule has 28 heavy (non-hydrogen) atoms. The Morgan fingerprint density at radius 1 is 1.18 bits per heavy atom. The van der Waals surface area contributed by atoms with Gasteiger partial charge in [-0.2, -0.15) is 5.10 Å². The fourth-order valence-electron chi connectivity index (χ4n) is 2.21. The van der Waals surface area contributed by atoms with Crippen LogP contribution in [0.4, 0.5) is 11.4 Å². The molecular weight excluding hydrogens is 408 g/mol. The fourth-order valence-corrected chi connectivity index (χ4v) is 3.19.